The Morgan fingerprint density at radius 3 is 2.15 bits per heavy atom. The topological polar surface area (TPSA) is 64.4 Å². The highest BCUT2D eigenvalue weighted by atomic mass is 15.1. The van der Waals surface area contributed by atoms with Crippen molar-refractivity contribution in [1.29, 1.82) is 0 Å². The second-order valence-electron chi connectivity index (χ2n) is 3.29. The van der Waals surface area contributed by atoms with E-state index in [0.29, 0.717) is 11.8 Å². The summed E-state index contributed by atoms with van der Waals surface area (Å²) in [5.74, 6) is 5.97. The Morgan fingerprint density at radius 2 is 1.77 bits per heavy atom. The first kappa shape index (κ1) is 9.58. The first-order valence-electron chi connectivity index (χ1n) is 4.29. The molecule has 0 aromatic heterocycles. The smallest absolute Gasteiger partial charge is 0.150 e. The largest absolute Gasteiger partial charge is 0.382 e. The van der Waals surface area contributed by atoms with Crippen LogP contribution < -0.4 is 11.6 Å². The molecule has 13 heavy (non-hydrogen) atoms. The molecule has 4 N–H and O–H groups in total. The molecule has 0 saturated carbocycles. The van der Waals surface area contributed by atoms with Crippen molar-refractivity contribution < 1.29 is 0 Å². The fourth-order valence-electron chi connectivity index (χ4n) is 1.11. The molecule has 0 heterocycles. The number of nitrogens with two attached hydrogens (primary N) is 2. The lowest BCUT2D eigenvalue weighted by molar-refractivity contribution is 0.866. The van der Waals surface area contributed by atoms with Gasteiger partial charge in [0.15, 0.2) is 0 Å². The number of nitrogens with zero attached hydrogens (tertiary/aromatic N) is 1. The van der Waals surface area contributed by atoms with Crippen LogP contribution in [0.2, 0.25) is 0 Å². The molecule has 0 aliphatic heterocycles. The van der Waals surface area contributed by atoms with Gasteiger partial charge in [0.05, 0.1) is 0 Å². The summed E-state index contributed by atoms with van der Waals surface area (Å²) in [6.45, 7) is 4.30. The van der Waals surface area contributed by atoms with Crippen molar-refractivity contribution >= 4 is 5.84 Å². The maximum atomic E-state index is 5.55. The molecule has 1 aromatic rings. The van der Waals surface area contributed by atoms with Gasteiger partial charge in [-0.15, -0.1) is 0 Å². The van der Waals surface area contributed by atoms with Crippen molar-refractivity contribution in [2.75, 3.05) is 0 Å². The van der Waals surface area contributed by atoms with Crippen molar-refractivity contribution in [3.05, 3.63) is 35.4 Å². The van der Waals surface area contributed by atoms with Gasteiger partial charge in [-0.25, -0.2) is 0 Å². The van der Waals surface area contributed by atoms with Gasteiger partial charge in [-0.05, 0) is 11.5 Å². The van der Waals surface area contributed by atoms with E-state index in [2.05, 4.69) is 18.9 Å². The molecule has 0 unspecified atom stereocenters. The zero-order valence-electron chi connectivity index (χ0n) is 7.99. The van der Waals surface area contributed by atoms with Crippen LogP contribution in [0.25, 0.3) is 0 Å². The lowest BCUT2D eigenvalue weighted by Crippen LogP contribution is -2.15. The van der Waals surface area contributed by atoms with E-state index in [0.717, 1.165) is 5.56 Å². The summed E-state index contributed by atoms with van der Waals surface area (Å²) in [5, 5.41) is 3.43. The SMILES string of the molecule is CC(C)c1ccc(C(N)=NN)cc1. The molecule has 0 amide bonds. The van der Waals surface area contributed by atoms with E-state index in [1.165, 1.54) is 5.56 Å². The normalized spacial score (nSPS) is 12.1. The minimum Gasteiger partial charge on any atom is -0.382 e. The van der Waals surface area contributed by atoms with Crippen LogP contribution >= 0.6 is 0 Å². The Kier molecular flexibility index (Phi) is 2.90. The molecule has 0 aliphatic rings. The molecule has 0 aliphatic carbocycles. The first-order chi connectivity index (χ1) is 6.15. The van der Waals surface area contributed by atoms with Gasteiger partial charge in [0.1, 0.15) is 5.84 Å². The number of amidine groups is 1. The van der Waals surface area contributed by atoms with Gasteiger partial charge < -0.3 is 11.6 Å². The molecular formula is C10H15N3. The highest BCUT2D eigenvalue weighted by Gasteiger charge is 2.00. The number of hydrogen-bond donors (Lipinski definition) is 2. The van der Waals surface area contributed by atoms with Gasteiger partial charge in [-0.3, -0.25) is 0 Å². The molecule has 0 atom stereocenters. The zero-order valence-corrected chi connectivity index (χ0v) is 7.99. The maximum Gasteiger partial charge on any atom is 0.150 e. The predicted octanol–water partition coefficient (Wildman–Crippen LogP) is 1.39. The van der Waals surface area contributed by atoms with Crippen molar-refractivity contribution in [3.8, 4) is 0 Å². The van der Waals surface area contributed by atoms with Crippen LogP contribution in [0.15, 0.2) is 29.4 Å². The fourth-order valence-corrected chi connectivity index (χ4v) is 1.11. The van der Waals surface area contributed by atoms with Crippen LogP contribution in [-0.4, -0.2) is 5.84 Å². The van der Waals surface area contributed by atoms with E-state index in [9.17, 15) is 0 Å². The Balaban J connectivity index is 2.94. The summed E-state index contributed by atoms with van der Waals surface area (Å²) >= 11 is 0. The summed E-state index contributed by atoms with van der Waals surface area (Å²) < 4.78 is 0. The molecule has 3 heteroatoms. The molecule has 0 bridgehead atoms. The van der Waals surface area contributed by atoms with Gasteiger partial charge in [0.25, 0.3) is 0 Å². The number of hydrazone groups is 1. The van der Waals surface area contributed by atoms with Crippen LogP contribution in [-0.2, 0) is 0 Å². The first-order valence-corrected chi connectivity index (χ1v) is 4.29. The van der Waals surface area contributed by atoms with E-state index in [4.69, 9.17) is 11.6 Å². The third kappa shape index (κ3) is 2.21. The standard InChI is InChI=1S/C10H15N3/c1-7(2)8-3-5-9(6-4-8)10(11)13-12/h3-7H,12H2,1-2H3,(H2,11,13). The summed E-state index contributed by atoms with van der Waals surface area (Å²) in [7, 11) is 0. The Labute approximate surface area is 78.4 Å². The molecule has 1 rings (SSSR count). The van der Waals surface area contributed by atoms with Crippen molar-refractivity contribution in [3.63, 3.8) is 0 Å². The Hall–Kier alpha value is -1.51. The van der Waals surface area contributed by atoms with Crippen molar-refractivity contribution in [2.45, 2.75) is 19.8 Å². The maximum absolute atomic E-state index is 5.55. The molecule has 0 fully saturated rings. The van der Waals surface area contributed by atoms with Gasteiger partial charge in [-0.2, -0.15) is 5.10 Å². The number of hydrogen-bond acceptors (Lipinski definition) is 2. The van der Waals surface area contributed by atoms with Crippen LogP contribution in [0, 0.1) is 0 Å². The molecule has 0 saturated heterocycles. The van der Waals surface area contributed by atoms with Gasteiger partial charge in [-0.1, -0.05) is 38.1 Å². The summed E-state index contributed by atoms with van der Waals surface area (Å²) in [6.07, 6.45) is 0. The molecule has 3 nitrogen and oxygen atoms in total. The van der Waals surface area contributed by atoms with E-state index < -0.39 is 0 Å². The number of benzene rings is 1. The summed E-state index contributed by atoms with van der Waals surface area (Å²) in [5.41, 5.74) is 7.70. The molecule has 1 aromatic carbocycles. The van der Waals surface area contributed by atoms with E-state index in [-0.39, 0.29) is 0 Å². The quantitative estimate of drug-likeness (QED) is 0.310. The summed E-state index contributed by atoms with van der Waals surface area (Å²) in [6, 6.07) is 7.94. The lowest BCUT2D eigenvalue weighted by Gasteiger charge is -2.05. The fraction of sp³-hybridized carbons (Fsp3) is 0.300. The van der Waals surface area contributed by atoms with Gasteiger partial charge >= 0.3 is 0 Å². The Bertz CT molecular complexity index is 298. The van der Waals surface area contributed by atoms with E-state index >= 15 is 0 Å². The Morgan fingerprint density at radius 1 is 1.23 bits per heavy atom. The van der Waals surface area contributed by atoms with Gasteiger partial charge in [0.2, 0.25) is 0 Å². The van der Waals surface area contributed by atoms with E-state index in [1.807, 2.05) is 24.3 Å². The lowest BCUT2D eigenvalue weighted by atomic mass is 10.0. The highest BCUT2D eigenvalue weighted by Crippen LogP contribution is 2.14. The third-order valence-electron chi connectivity index (χ3n) is 2.01. The second-order valence-corrected chi connectivity index (χ2v) is 3.29. The van der Waals surface area contributed by atoms with E-state index in [1.54, 1.807) is 0 Å². The molecule has 0 radical (unpaired) electrons. The van der Waals surface area contributed by atoms with Crippen LogP contribution in [0.4, 0.5) is 0 Å². The van der Waals surface area contributed by atoms with Crippen molar-refractivity contribution in [1.82, 2.24) is 0 Å². The molecule has 0 spiro atoms. The van der Waals surface area contributed by atoms with Crippen LogP contribution in [0.3, 0.4) is 0 Å². The third-order valence-corrected chi connectivity index (χ3v) is 2.01. The summed E-state index contributed by atoms with van der Waals surface area (Å²) in [4.78, 5) is 0. The average Bonchev–Trinajstić information content (AvgIpc) is 2.17. The van der Waals surface area contributed by atoms with Gasteiger partial charge in [0, 0.05) is 5.56 Å². The second kappa shape index (κ2) is 3.94. The minimum atomic E-state index is 0.371. The van der Waals surface area contributed by atoms with Crippen molar-refractivity contribution in [2.24, 2.45) is 16.7 Å². The van der Waals surface area contributed by atoms with Crippen LogP contribution in [0.5, 0.6) is 0 Å². The predicted molar refractivity (Wildman–Crippen MR) is 55.4 cm³/mol. The molecular weight excluding hydrogens is 162 g/mol. The minimum absolute atomic E-state index is 0.371. The zero-order chi connectivity index (χ0) is 9.84. The monoisotopic (exact) mass is 177 g/mol. The molecule has 70 valence electrons. The highest BCUT2D eigenvalue weighted by molar-refractivity contribution is 5.97. The number of rotatable bonds is 2. The average molecular weight is 177 g/mol. The van der Waals surface area contributed by atoms with Crippen LogP contribution in [0.1, 0.15) is 30.9 Å².